The number of carbonyl (C=O) groups is 2. The molecular formula is C33H37F3O6. The van der Waals surface area contributed by atoms with Crippen molar-refractivity contribution in [1.82, 2.24) is 0 Å². The molecule has 3 aromatic rings. The zero-order valence-electron chi connectivity index (χ0n) is 24.0. The van der Waals surface area contributed by atoms with Gasteiger partial charge in [-0.05, 0) is 79.4 Å². The SMILES string of the molecule is CCCCCC[C@H](C)OC(=O)c1ccc(OC(=O)c2ccc(-c3ccc(OCCCOCC(F)(F)F)cc3)cc2)cc1. The fraction of sp³-hybridized carbons (Fsp3) is 0.394. The number of hydrogen-bond acceptors (Lipinski definition) is 6. The van der Waals surface area contributed by atoms with E-state index < -0.39 is 24.7 Å². The van der Waals surface area contributed by atoms with Crippen LogP contribution in [0.25, 0.3) is 11.1 Å². The molecule has 0 spiro atoms. The van der Waals surface area contributed by atoms with Crippen molar-refractivity contribution in [3.63, 3.8) is 0 Å². The number of ether oxygens (including phenoxy) is 4. The molecule has 0 N–H and O–H groups in total. The third-order valence-corrected chi connectivity index (χ3v) is 6.35. The second kappa shape index (κ2) is 16.6. The van der Waals surface area contributed by atoms with Crippen LogP contribution in [0.2, 0.25) is 0 Å². The molecule has 0 saturated carbocycles. The summed E-state index contributed by atoms with van der Waals surface area (Å²) < 4.78 is 57.3. The van der Waals surface area contributed by atoms with Crippen LogP contribution >= 0.6 is 0 Å². The van der Waals surface area contributed by atoms with E-state index in [0.717, 1.165) is 36.8 Å². The summed E-state index contributed by atoms with van der Waals surface area (Å²) in [5, 5.41) is 0. The summed E-state index contributed by atoms with van der Waals surface area (Å²) in [5.41, 5.74) is 2.53. The van der Waals surface area contributed by atoms with Gasteiger partial charge in [0.2, 0.25) is 0 Å². The van der Waals surface area contributed by atoms with E-state index in [1.54, 1.807) is 60.7 Å². The van der Waals surface area contributed by atoms with E-state index in [2.05, 4.69) is 11.7 Å². The Hall–Kier alpha value is -3.85. The predicted octanol–water partition coefficient (Wildman–Crippen LogP) is 8.44. The summed E-state index contributed by atoms with van der Waals surface area (Å²) in [6.45, 7) is 2.98. The van der Waals surface area contributed by atoms with Crippen LogP contribution in [0.15, 0.2) is 72.8 Å². The molecule has 226 valence electrons. The van der Waals surface area contributed by atoms with Gasteiger partial charge in [-0.15, -0.1) is 0 Å². The van der Waals surface area contributed by atoms with Crippen molar-refractivity contribution in [2.24, 2.45) is 0 Å². The molecule has 0 aliphatic carbocycles. The van der Waals surface area contributed by atoms with Crippen LogP contribution < -0.4 is 9.47 Å². The first-order chi connectivity index (χ1) is 20.1. The maximum Gasteiger partial charge on any atom is 0.411 e. The Balaban J connectivity index is 1.44. The molecule has 9 heteroatoms. The van der Waals surface area contributed by atoms with E-state index in [0.29, 0.717) is 29.0 Å². The number of hydrogen-bond donors (Lipinski definition) is 0. The van der Waals surface area contributed by atoms with Crippen molar-refractivity contribution in [2.75, 3.05) is 19.8 Å². The number of benzene rings is 3. The zero-order chi connectivity index (χ0) is 30.4. The first-order valence-corrected chi connectivity index (χ1v) is 14.2. The van der Waals surface area contributed by atoms with Gasteiger partial charge in [-0.25, -0.2) is 9.59 Å². The van der Waals surface area contributed by atoms with Crippen LogP contribution in [-0.4, -0.2) is 44.0 Å². The van der Waals surface area contributed by atoms with Gasteiger partial charge in [0.25, 0.3) is 0 Å². The van der Waals surface area contributed by atoms with Crippen LogP contribution in [0.3, 0.4) is 0 Å². The molecule has 0 bridgehead atoms. The molecule has 0 aliphatic rings. The Morgan fingerprint density at radius 2 is 1.29 bits per heavy atom. The van der Waals surface area contributed by atoms with E-state index in [9.17, 15) is 22.8 Å². The summed E-state index contributed by atoms with van der Waals surface area (Å²) in [6.07, 6.45) is 1.17. The number of alkyl halides is 3. The molecule has 0 aromatic heterocycles. The summed E-state index contributed by atoms with van der Waals surface area (Å²) in [4.78, 5) is 25.0. The minimum Gasteiger partial charge on any atom is -0.494 e. The lowest BCUT2D eigenvalue weighted by atomic mass is 10.0. The molecule has 42 heavy (non-hydrogen) atoms. The first-order valence-electron chi connectivity index (χ1n) is 14.2. The lowest BCUT2D eigenvalue weighted by Crippen LogP contribution is -2.18. The summed E-state index contributed by atoms with van der Waals surface area (Å²) in [5.74, 6) is -0.0252. The Morgan fingerprint density at radius 3 is 1.90 bits per heavy atom. The van der Waals surface area contributed by atoms with Crippen molar-refractivity contribution in [3.8, 4) is 22.6 Å². The normalized spacial score (nSPS) is 12.0. The third kappa shape index (κ3) is 11.6. The molecule has 6 nitrogen and oxygen atoms in total. The van der Waals surface area contributed by atoms with E-state index >= 15 is 0 Å². The highest BCUT2D eigenvalue weighted by Crippen LogP contribution is 2.24. The van der Waals surface area contributed by atoms with Gasteiger partial charge in [0.05, 0.1) is 30.4 Å². The molecule has 0 radical (unpaired) electrons. The maximum atomic E-state index is 12.6. The van der Waals surface area contributed by atoms with Crippen molar-refractivity contribution in [1.29, 1.82) is 0 Å². The Bertz CT molecular complexity index is 1240. The number of rotatable bonds is 16. The molecule has 0 heterocycles. The lowest BCUT2D eigenvalue weighted by Gasteiger charge is -2.13. The van der Waals surface area contributed by atoms with E-state index in [1.807, 2.05) is 19.1 Å². The fourth-order valence-electron chi connectivity index (χ4n) is 4.07. The van der Waals surface area contributed by atoms with Gasteiger partial charge in [-0.2, -0.15) is 13.2 Å². The Kier molecular flexibility index (Phi) is 12.9. The smallest absolute Gasteiger partial charge is 0.411 e. The predicted molar refractivity (Wildman–Crippen MR) is 154 cm³/mol. The molecule has 3 aromatic carbocycles. The Morgan fingerprint density at radius 1 is 0.714 bits per heavy atom. The van der Waals surface area contributed by atoms with Crippen molar-refractivity contribution < 1.29 is 41.7 Å². The molecule has 0 amide bonds. The highest BCUT2D eigenvalue weighted by molar-refractivity contribution is 5.92. The average molecular weight is 587 g/mol. The summed E-state index contributed by atoms with van der Waals surface area (Å²) >= 11 is 0. The van der Waals surface area contributed by atoms with Crippen LogP contribution in [0, 0.1) is 0 Å². The quantitative estimate of drug-likeness (QED) is 0.0953. The van der Waals surface area contributed by atoms with Crippen molar-refractivity contribution in [2.45, 2.75) is 64.7 Å². The molecule has 0 saturated heterocycles. The standard InChI is InChI=1S/C33H37F3O6/c1-3-4-5-6-8-24(2)41-31(37)28-15-19-30(20-16-28)42-32(38)27-11-9-25(10-12-27)26-13-17-29(18-14-26)40-22-7-21-39-23-33(34,35)36/h9-20,24H,3-8,21-23H2,1-2H3/t24-/m0/s1. The van der Waals surface area contributed by atoms with Gasteiger partial charge >= 0.3 is 18.1 Å². The lowest BCUT2D eigenvalue weighted by molar-refractivity contribution is -0.174. The van der Waals surface area contributed by atoms with Crippen molar-refractivity contribution >= 4 is 11.9 Å². The third-order valence-electron chi connectivity index (χ3n) is 6.35. The van der Waals surface area contributed by atoms with Crippen LogP contribution in [0.1, 0.15) is 73.1 Å². The van der Waals surface area contributed by atoms with E-state index in [1.165, 1.54) is 6.42 Å². The van der Waals surface area contributed by atoms with Gasteiger partial charge < -0.3 is 18.9 Å². The number of esters is 2. The largest absolute Gasteiger partial charge is 0.494 e. The van der Waals surface area contributed by atoms with Gasteiger partial charge in [0, 0.05) is 6.42 Å². The molecule has 0 fully saturated rings. The maximum absolute atomic E-state index is 12.6. The van der Waals surface area contributed by atoms with Crippen LogP contribution in [-0.2, 0) is 9.47 Å². The summed E-state index contributed by atoms with van der Waals surface area (Å²) in [6, 6.07) is 20.4. The van der Waals surface area contributed by atoms with Gasteiger partial charge in [-0.3, -0.25) is 0 Å². The highest BCUT2D eigenvalue weighted by Gasteiger charge is 2.27. The number of unbranched alkanes of at least 4 members (excludes halogenated alkanes) is 3. The number of carbonyl (C=O) groups excluding carboxylic acids is 2. The van der Waals surface area contributed by atoms with Gasteiger partial charge in [0.15, 0.2) is 0 Å². The summed E-state index contributed by atoms with van der Waals surface area (Å²) in [7, 11) is 0. The first kappa shape index (κ1) is 32.7. The monoisotopic (exact) mass is 586 g/mol. The molecule has 3 rings (SSSR count). The van der Waals surface area contributed by atoms with Crippen LogP contribution in [0.4, 0.5) is 13.2 Å². The average Bonchev–Trinajstić information content (AvgIpc) is 2.97. The van der Waals surface area contributed by atoms with Gasteiger partial charge in [0.1, 0.15) is 18.1 Å². The van der Waals surface area contributed by atoms with E-state index in [4.69, 9.17) is 14.2 Å². The second-order valence-electron chi connectivity index (χ2n) is 9.95. The molecule has 0 unspecified atom stereocenters. The molecule has 1 atom stereocenters. The minimum absolute atomic E-state index is 0.0367. The number of halogens is 3. The fourth-order valence-corrected chi connectivity index (χ4v) is 4.07. The van der Waals surface area contributed by atoms with Crippen LogP contribution in [0.5, 0.6) is 11.5 Å². The zero-order valence-corrected chi connectivity index (χ0v) is 24.0. The Labute approximate surface area is 244 Å². The van der Waals surface area contributed by atoms with E-state index in [-0.39, 0.29) is 19.3 Å². The minimum atomic E-state index is -4.33. The highest BCUT2D eigenvalue weighted by atomic mass is 19.4. The van der Waals surface area contributed by atoms with Gasteiger partial charge in [-0.1, -0.05) is 50.5 Å². The topological polar surface area (TPSA) is 71.1 Å². The molecule has 0 aliphatic heterocycles. The van der Waals surface area contributed by atoms with Crippen molar-refractivity contribution in [3.05, 3.63) is 83.9 Å². The molecular weight excluding hydrogens is 549 g/mol. The second-order valence-corrected chi connectivity index (χ2v) is 9.95.